The number of nitrogens with zero attached hydrogens (tertiary/aromatic N) is 1. The second kappa shape index (κ2) is 10.4. The van der Waals surface area contributed by atoms with Gasteiger partial charge < -0.3 is 19.2 Å². The molecular formula is C22H28F2N2O5. The molecule has 0 radical (unpaired) electrons. The molecule has 0 saturated heterocycles. The molecule has 1 aromatic carbocycles. The number of likely N-dealkylation sites (N-methyl/N-ethyl adjacent to an activating group) is 1. The molecule has 2 rings (SSSR count). The van der Waals surface area contributed by atoms with Crippen LogP contribution in [0.5, 0.6) is 11.5 Å². The zero-order chi connectivity index (χ0) is 23.3. The summed E-state index contributed by atoms with van der Waals surface area (Å²) >= 11 is 0. The van der Waals surface area contributed by atoms with Crippen LogP contribution >= 0.6 is 0 Å². The lowest BCUT2D eigenvalue weighted by molar-refractivity contribution is -0.0512. The van der Waals surface area contributed by atoms with E-state index in [4.69, 9.17) is 9.47 Å². The molecule has 31 heavy (non-hydrogen) atoms. The van der Waals surface area contributed by atoms with Crippen LogP contribution in [0.3, 0.4) is 0 Å². The zero-order valence-electron chi connectivity index (χ0n) is 18.5. The highest BCUT2D eigenvalue weighted by molar-refractivity contribution is 6.03. The van der Waals surface area contributed by atoms with Gasteiger partial charge in [-0.1, -0.05) is 6.07 Å². The number of ether oxygens (including phenoxy) is 3. The zero-order valence-corrected chi connectivity index (χ0v) is 18.5. The first-order chi connectivity index (χ1) is 14.6. The summed E-state index contributed by atoms with van der Waals surface area (Å²) in [7, 11) is 3.14. The minimum atomic E-state index is -2.95. The molecule has 0 fully saturated rings. The lowest BCUT2D eigenvalue weighted by Crippen LogP contribution is -2.36. The number of ketones is 1. The molecule has 0 bridgehead atoms. The maximum Gasteiger partial charge on any atom is 0.387 e. The van der Waals surface area contributed by atoms with Crippen molar-refractivity contribution >= 4 is 11.8 Å². The molecule has 0 spiro atoms. The van der Waals surface area contributed by atoms with E-state index in [2.05, 4.69) is 9.72 Å². The maximum absolute atomic E-state index is 13.1. The number of aryl methyl sites for hydroxylation is 1. The second-order valence-electron chi connectivity index (χ2n) is 7.16. The quantitative estimate of drug-likeness (QED) is 0.444. The molecule has 0 amide bonds. The van der Waals surface area contributed by atoms with Crippen LogP contribution in [0.4, 0.5) is 8.78 Å². The average molecular weight is 438 g/mol. The lowest BCUT2D eigenvalue weighted by Gasteiger charge is -2.24. The number of methoxy groups -OCH3 is 1. The summed E-state index contributed by atoms with van der Waals surface area (Å²) in [5, 5.41) is 0. The molecule has 1 atom stereocenters. The van der Waals surface area contributed by atoms with Crippen LogP contribution in [-0.2, 0) is 11.3 Å². The van der Waals surface area contributed by atoms with Crippen LogP contribution in [0.2, 0.25) is 0 Å². The number of aromatic amines is 1. The number of H-pyrrole nitrogens is 1. The molecule has 7 nitrogen and oxygen atoms in total. The third-order valence-corrected chi connectivity index (χ3v) is 5.08. The van der Waals surface area contributed by atoms with Gasteiger partial charge in [0.15, 0.2) is 17.3 Å². The standard InChI is InChI=1S/C22H28F2N2O5/c1-7-30-21(28)18-12(2)19(25-13(18)3)20(27)14(4)26(5)11-15-8-9-16(31-22(23)24)17(10-15)29-6/h8-10,14,22,25H,7,11H2,1-6H3/t14-/m0/s1. The van der Waals surface area contributed by atoms with Crippen molar-refractivity contribution in [1.29, 1.82) is 0 Å². The van der Waals surface area contributed by atoms with Crippen LogP contribution in [-0.4, -0.2) is 55.1 Å². The molecule has 2 aromatic rings. The van der Waals surface area contributed by atoms with Crippen molar-refractivity contribution in [1.82, 2.24) is 9.88 Å². The van der Waals surface area contributed by atoms with E-state index in [0.717, 1.165) is 5.56 Å². The number of nitrogens with one attached hydrogen (secondary N) is 1. The molecular weight excluding hydrogens is 410 g/mol. The number of aromatic nitrogens is 1. The molecule has 0 unspecified atom stereocenters. The highest BCUT2D eigenvalue weighted by Crippen LogP contribution is 2.30. The number of carbonyl (C=O) groups excluding carboxylic acids is 2. The summed E-state index contributed by atoms with van der Waals surface area (Å²) < 4.78 is 39.6. The van der Waals surface area contributed by atoms with Crippen LogP contribution in [0.15, 0.2) is 18.2 Å². The van der Waals surface area contributed by atoms with Crippen molar-refractivity contribution in [2.45, 2.75) is 46.9 Å². The van der Waals surface area contributed by atoms with Crippen molar-refractivity contribution in [3.05, 3.63) is 46.3 Å². The Hall–Kier alpha value is -2.94. The van der Waals surface area contributed by atoms with E-state index in [1.807, 2.05) is 4.90 Å². The van der Waals surface area contributed by atoms with Gasteiger partial charge in [-0.25, -0.2) is 4.79 Å². The molecule has 1 heterocycles. The van der Waals surface area contributed by atoms with Crippen LogP contribution in [0.1, 0.15) is 51.5 Å². The molecule has 170 valence electrons. The van der Waals surface area contributed by atoms with Gasteiger partial charge in [0.05, 0.1) is 31.0 Å². The van der Waals surface area contributed by atoms with Gasteiger partial charge >= 0.3 is 12.6 Å². The lowest BCUT2D eigenvalue weighted by atomic mass is 10.0. The van der Waals surface area contributed by atoms with Crippen molar-refractivity contribution in [3.63, 3.8) is 0 Å². The van der Waals surface area contributed by atoms with Gasteiger partial charge in [-0.05, 0) is 58.0 Å². The average Bonchev–Trinajstić information content (AvgIpc) is 3.01. The van der Waals surface area contributed by atoms with E-state index in [0.29, 0.717) is 29.1 Å². The molecule has 1 aromatic heterocycles. The largest absolute Gasteiger partial charge is 0.493 e. The van der Waals surface area contributed by atoms with Crippen LogP contribution in [0.25, 0.3) is 0 Å². The van der Waals surface area contributed by atoms with Gasteiger partial charge in [0.1, 0.15) is 0 Å². The smallest absolute Gasteiger partial charge is 0.387 e. The number of Topliss-reactive ketones (excluding diaryl/α,β-unsaturated/α-hetero) is 1. The van der Waals surface area contributed by atoms with E-state index < -0.39 is 18.6 Å². The number of hydrogen-bond donors (Lipinski definition) is 1. The fourth-order valence-corrected chi connectivity index (χ4v) is 3.34. The third-order valence-electron chi connectivity index (χ3n) is 5.08. The van der Waals surface area contributed by atoms with Gasteiger partial charge in [-0.2, -0.15) is 8.78 Å². The highest BCUT2D eigenvalue weighted by atomic mass is 19.3. The third kappa shape index (κ3) is 5.61. The normalized spacial score (nSPS) is 12.2. The predicted octanol–water partition coefficient (Wildman–Crippen LogP) is 4.12. The number of halogens is 2. The summed E-state index contributed by atoms with van der Waals surface area (Å²) in [6, 6.07) is 4.12. The Bertz CT molecular complexity index is 942. The van der Waals surface area contributed by atoms with Gasteiger partial charge in [0, 0.05) is 12.2 Å². The van der Waals surface area contributed by atoms with Crippen molar-refractivity contribution in [2.75, 3.05) is 20.8 Å². The molecule has 1 N–H and O–H groups in total. The van der Waals surface area contributed by atoms with Gasteiger partial charge in [0.25, 0.3) is 0 Å². The first-order valence-corrected chi connectivity index (χ1v) is 9.83. The van der Waals surface area contributed by atoms with Gasteiger partial charge in [-0.3, -0.25) is 9.69 Å². The van der Waals surface area contributed by atoms with Gasteiger partial charge in [-0.15, -0.1) is 0 Å². The summed E-state index contributed by atoms with van der Waals surface area (Å²) in [6.07, 6.45) is 0. The summed E-state index contributed by atoms with van der Waals surface area (Å²) in [6.45, 7) is 4.57. The van der Waals surface area contributed by atoms with E-state index in [1.54, 1.807) is 46.9 Å². The highest BCUT2D eigenvalue weighted by Gasteiger charge is 2.27. The molecule has 0 saturated carbocycles. The molecule has 0 aliphatic heterocycles. The molecule has 0 aliphatic carbocycles. The SMILES string of the molecule is CCOC(=O)c1c(C)[nH]c(C(=O)[C@H](C)N(C)Cc2ccc(OC(F)F)c(OC)c2)c1C. The van der Waals surface area contributed by atoms with E-state index >= 15 is 0 Å². The van der Waals surface area contributed by atoms with E-state index in [9.17, 15) is 18.4 Å². The van der Waals surface area contributed by atoms with E-state index in [-0.39, 0.29) is 23.9 Å². The number of alkyl halides is 2. The first-order valence-electron chi connectivity index (χ1n) is 9.83. The molecule has 9 heteroatoms. The Labute approximate surface area is 180 Å². The minimum Gasteiger partial charge on any atom is -0.493 e. The minimum absolute atomic E-state index is 0.0583. The summed E-state index contributed by atoms with van der Waals surface area (Å²) in [5.74, 6) is -0.521. The molecule has 0 aliphatic rings. The second-order valence-corrected chi connectivity index (χ2v) is 7.16. The number of hydrogen-bond acceptors (Lipinski definition) is 6. The Morgan fingerprint density at radius 3 is 2.45 bits per heavy atom. The van der Waals surface area contributed by atoms with Gasteiger partial charge in [0.2, 0.25) is 0 Å². The maximum atomic E-state index is 13.1. The number of rotatable bonds is 10. The number of carbonyl (C=O) groups is 2. The number of benzene rings is 1. The fraction of sp³-hybridized carbons (Fsp3) is 0.455. The summed E-state index contributed by atoms with van der Waals surface area (Å²) in [5.41, 5.74) is 2.62. The fourth-order valence-electron chi connectivity index (χ4n) is 3.34. The monoisotopic (exact) mass is 438 g/mol. The summed E-state index contributed by atoms with van der Waals surface area (Å²) in [4.78, 5) is 30.1. The predicted molar refractivity (Wildman–Crippen MR) is 111 cm³/mol. The Balaban J connectivity index is 2.18. The first kappa shape index (κ1) is 24.3. The Kier molecular flexibility index (Phi) is 8.15. The number of esters is 1. The Morgan fingerprint density at radius 1 is 1.19 bits per heavy atom. The topological polar surface area (TPSA) is 80.9 Å². The van der Waals surface area contributed by atoms with E-state index in [1.165, 1.54) is 13.2 Å². The van der Waals surface area contributed by atoms with Crippen molar-refractivity contribution < 1.29 is 32.6 Å². The van der Waals surface area contributed by atoms with Crippen LogP contribution < -0.4 is 9.47 Å². The Morgan fingerprint density at radius 2 is 1.87 bits per heavy atom. The van der Waals surface area contributed by atoms with Crippen molar-refractivity contribution in [3.8, 4) is 11.5 Å². The van der Waals surface area contributed by atoms with Crippen LogP contribution in [0, 0.1) is 13.8 Å². The van der Waals surface area contributed by atoms with Crippen molar-refractivity contribution in [2.24, 2.45) is 0 Å².